The smallest absolute Gasteiger partial charge is 0.141 e. The quantitative estimate of drug-likeness (QED) is 0.797. The molecule has 1 unspecified atom stereocenters. The molecule has 0 amide bonds. The average molecular weight is 212 g/mol. The van der Waals surface area contributed by atoms with Crippen LogP contribution in [0.1, 0.15) is 32.4 Å². The number of aliphatic hydroxyl groups is 1. The van der Waals surface area contributed by atoms with E-state index in [1.54, 1.807) is 6.20 Å². The van der Waals surface area contributed by atoms with Crippen molar-refractivity contribution in [3.05, 3.63) is 29.8 Å². The Morgan fingerprint density at radius 2 is 2.20 bits per heavy atom. The second kappa shape index (κ2) is 4.68. The Bertz CT molecular complexity index is 328. The number of hydrogen-bond donors (Lipinski definition) is 2. The Kier molecular flexibility index (Phi) is 3.77. The van der Waals surface area contributed by atoms with E-state index in [1.165, 1.54) is 12.3 Å². The molecule has 0 spiro atoms. The standard InChI is InChI=1S/C11H17FN2O/c1-8(14-11(2,3)7-15)9-4-10(12)6-13-5-9/h4-6,8,14-15H,7H2,1-3H3. The highest BCUT2D eigenvalue weighted by Crippen LogP contribution is 2.15. The predicted octanol–water partition coefficient (Wildman–Crippen LogP) is 1.64. The first-order valence-corrected chi connectivity index (χ1v) is 4.93. The molecule has 15 heavy (non-hydrogen) atoms. The average Bonchev–Trinajstić information content (AvgIpc) is 2.17. The van der Waals surface area contributed by atoms with Crippen molar-refractivity contribution < 1.29 is 9.50 Å². The third-order valence-corrected chi connectivity index (χ3v) is 2.23. The molecule has 0 bridgehead atoms. The minimum Gasteiger partial charge on any atom is -0.394 e. The molecule has 3 nitrogen and oxygen atoms in total. The number of aromatic nitrogens is 1. The van der Waals surface area contributed by atoms with Crippen LogP contribution in [0.5, 0.6) is 0 Å². The fraction of sp³-hybridized carbons (Fsp3) is 0.545. The van der Waals surface area contributed by atoms with Crippen molar-refractivity contribution in [2.45, 2.75) is 32.4 Å². The van der Waals surface area contributed by atoms with Crippen LogP contribution >= 0.6 is 0 Å². The second-order valence-corrected chi connectivity index (χ2v) is 4.34. The van der Waals surface area contributed by atoms with Gasteiger partial charge in [-0.25, -0.2) is 4.39 Å². The van der Waals surface area contributed by atoms with E-state index < -0.39 is 0 Å². The fourth-order valence-corrected chi connectivity index (χ4v) is 1.38. The third kappa shape index (κ3) is 3.57. The lowest BCUT2D eigenvalue weighted by Gasteiger charge is -2.28. The first kappa shape index (κ1) is 12.1. The summed E-state index contributed by atoms with van der Waals surface area (Å²) in [5, 5.41) is 12.3. The Morgan fingerprint density at radius 1 is 1.53 bits per heavy atom. The van der Waals surface area contributed by atoms with E-state index >= 15 is 0 Å². The second-order valence-electron chi connectivity index (χ2n) is 4.34. The Morgan fingerprint density at radius 3 is 2.73 bits per heavy atom. The number of nitrogens with one attached hydrogen (secondary N) is 1. The Hall–Kier alpha value is -1.00. The molecular weight excluding hydrogens is 195 g/mol. The Balaban J connectivity index is 2.73. The SMILES string of the molecule is CC(NC(C)(C)CO)c1cncc(F)c1. The number of hydrogen-bond acceptors (Lipinski definition) is 3. The molecule has 0 saturated heterocycles. The molecule has 0 saturated carbocycles. The molecule has 1 aromatic rings. The van der Waals surface area contributed by atoms with Crippen LogP contribution < -0.4 is 5.32 Å². The summed E-state index contributed by atoms with van der Waals surface area (Å²) in [6, 6.07) is 1.40. The van der Waals surface area contributed by atoms with Gasteiger partial charge in [0.2, 0.25) is 0 Å². The minimum atomic E-state index is -0.383. The molecule has 0 aliphatic heterocycles. The maximum Gasteiger partial charge on any atom is 0.141 e. The van der Waals surface area contributed by atoms with Gasteiger partial charge in [-0.3, -0.25) is 4.98 Å². The first-order valence-electron chi connectivity index (χ1n) is 4.93. The topological polar surface area (TPSA) is 45.1 Å². The maximum absolute atomic E-state index is 12.9. The van der Waals surface area contributed by atoms with E-state index in [4.69, 9.17) is 5.11 Å². The third-order valence-electron chi connectivity index (χ3n) is 2.23. The van der Waals surface area contributed by atoms with Crippen LogP contribution in [0.3, 0.4) is 0 Å². The molecule has 0 aliphatic carbocycles. The van der Waals surface area contributed by atoms with Gasteiger partial charge in [0.25, 0.3) is 0 Å². The molecule has 1 atom stereocenters. The highest BCUT2D eigenvalue weighted by Gasteiger charge is 2.19. The van der Waals surface area contributed by atoms with Gasteiger partial charge in [0, 0.05) is 17.8 Å². The van der Waals surface area contributed by atoms with Crippen LogP contribution in [-0.4, -0.2) is 22.2 Å². The van der Waals surface area contributed by atoms with Gasteiger partial charge in [0.1, 0.15) is 5.82 Å². The summed E-state index contributed by atoms with van der Waals surface area (Å²) in [7, 11) is 0. The van der Waals surface area contributed by atoms with Gasteiger partial charge in [-0.1, -0.05) is 0 Å². The van der Waals surface area contributed by atoms with Crippen molar-refractivity contribution in [1.82, 2.24) is 10.3 Å². The molecule has 0 aromatic carbocycles. The highest BCUT2D eigenvalue weighted by molar-refractivity contribution is 5.14. The summed E-state index contributed by atoms with van der Waals surface area (Å²) in [6.45, 7) is 5.71. The highest BCUT2D eigenvalue weighted by atomic mass is 19.1. The summed E-state index contributed by atoms with van der Waals surface area (Å²) in [5.41, 5.74) is 0.391. The van der Waals surface area contributed by atoms with Crippen LogP contribution in [-0.2, 0) is 0 Å². The Labute approximate surface area is 89.4 Å². The van der Waals surface area contributed by atoms with Gasteiger partial charge >= 0.3 is 0 Å². The fourth-order valence-electron chi connectivity index (χ4n) is 1.38. The molecule has 1 rings (SSSR count). The first-order chi connectivity index (χ1) is 6.94. The maximum atomic E-state index is 12.9. The van der Waals surface area contributed by atoms with Crippen LogP contribution in [0.2, 0.25) is 0 Å². The van der Waals surface area contributed by atoms with Gasteiger partial charge < -0.3 is 10.4 Å². The zero-order chi connectivity index (χ0) is 11.5. The number of rotatable bonds is 4. The van der Waals surface area contributed by atoms with E-state index in [1.807, 2.05) is 20.8 Å². The van der Waals surface area contributed by atoms with Crippen molar-refractivity contribution in [2.75, 3.05) is 6.61 Å². The van der Waals surface area contributed by atoms with Crippen molar-refractivity contribution in [3.8, 4) is 0 Å². The van der Waals surface area contributed by atoms with Crippen molar-refractivity contribution in [3.63, 3.8) is 0 Å². The van der Waals surface area contributed by atoms with Crippen LogP contribution in [0.4, 0.5) is 4.39 Å². The zero-order valence-electron chi connectivity index (χ0n) is 9.29. The van der Waals surface area contributed by atoms with Gasteiger partial charge in [-0.2, -0.15) is 0 Å². The lowest BCUT2D eigenvalue weighted by molar-refractivity contribution is 0.177. The van der Waals surface area contributed by atoms with Crippen LogP contribution in [0, 0.1) is 5.82 Å². The van der Waals surface area contributed by atoms with Crippen molar-refractivity contribution in [2.24, 2.45) is 0 Å². The number of halogens is 1. The molecule has 2 N–H and O–H groups in total. The summed E-state index contributed by atoms with van der Waals surface area (Å²) in [4.78, 5) is 3.78. The summed E-state index contributed by atoms with van der Waals surface area (Å²) >= 11 is 0. The van der Waals surface area contributed by atoms with E-state index in [2.05, 4.69) is 10.3 Å². The largest absolute Gasteiger partial charge is 0.394 e. The van der Waals surface area contributed by atoms with Gasteiger partial charge in [0.05, 0.1) is 12.8 Å². The lowest BCUT2D eigenvalue weighted by Crippen LogP contribution is -2.43. The number of pyridine rings is 1. The number of aliphatic hydroxyl groups excluding tert-OH is 1. The molecule has 84 valence electrons. The van der Waals surface area contributed by atoms with Crippen LogP contribution in [0.15, 0.2) is 18.5 Å². The monoisotopic (exact) mass is 212 g/mol. The van der Waals surface area contributed by atoms with Gasteiger partial charge in [-0.05, 0) is 32.4 Å². The van der Waals surface area contributed by atoms with Gasteiger partial charge in [0.15, 0.2) is 0 Å². The lowest BCUT2D eigenvalue weighted by atomic mass is 10.0. The van der Waals surface area contributed by atoms with Crippen molar-refractivity contribution >= 4 is 0 Å². The molecule has 0 radical (unpaired) electrons. The molecule has 1 aromatic heterocycles. The van der Waals surface area contributed by atoms with Crippen LogP contribution in [0.25, 0.3) is 0 Å². The van der Waals surface area contributed by atoms with E-state index in [0.717, 1.165) is 5.56 Å². The molecule has 4 heteroatoms. The molecule has 0 fully saturated rings. The normalized spacial score (nSPS) is 13.9. The summed E-state index contributed by atoms with van der Waals surface area (Å²) < 4.78 is 12.9. The molecular formula is C11H17FN2O. The summed E-state index contributed by atoms with van der Waals surface area (Å²) in [5.74, 6) is -0.344. The van der Waals surface area contributed by atoms with E-state index in [9.17, 15) is 4.39 Å². The molecule has 1 heterocycles. The minimum absolute atomic E-state index is 0.0279. The molecule has 0 aliphatic rings. The zero-order valence-corrected chi connectivity index (χ0v) is 9.29. The summed E-state index contributed by atoms with van der Waals surface area (Å²) in [6.07, 6.45) is 2.79. The number of nitrogens with zero attached hydrogens (tertiary/aromatic N) is 1. The van der Waals surface area contributed by atoms with Gasteiger partial charge in [-0.15, -0.1) is 0 Å². The van der Waals surface area contributed by atoms with Crippen molar-refractivity contribution in [1.29, 1.82) is 0 Å². The van der Waals surface area contributed by atoms with E-state index in [-0.39, 0.29) is 24.0 Å². The van der Waals surface area contributed by atoms with E-state index in [0.29, 0.717) is 0 Å². The predicted molar refractivity (Wildman–Crippen MR) is 56.9 cm³/mol.